The summed E-state index contributed by atoms with van der Waals surface area (Å²) in [4.78, 5) is -0.0517. The zero-order chi connectivity index (χ0) is 13.1. The minimum Gasteiger partial charge on any atom is -0.398 e. The van der Waals surface area contributed by atoms with Crippen molar-refractivity contribution in [2.24, 2.45) is 5.14 Å². The van der Waals surface area contributed by atoms with Crippen molar-refractivity contribution in [2.75, 3.05) is 18.9 Å². The number of benzene rings is 1. The zero-order valence-electron chi connectivity index (χ0n) is 9.26. The number of nitrogens with two attached hydrogens (primary N) is 2. The number of anilines is 1. The molecule has 0 aliphatic carbocycles. The first-order valence-electron chi connectivity index (χ1n) is 5.06. The fourth-order valence-corrected chi connectivity index (χ4v) is 2.58. The maximum atomic E-state index is 11.4. The SMILES string of the molecule is Nc1ccc(S(N)(=O)=O)c(CCO)c1CCO. The van der Waals surface area contributed by atoms with Crippen molar-refractivity contribution in [3.63, 3.8) is 0 Å². The summed E-state index contributed by atoms with van der Waals surface area (Å²) in [6.07, 6.45) is 0.358. The molecule has 6 N–H and O–H groups in total. The summed E-state index contributed by atoms with van der Waals surface area (Å²) in [5.41, 5.74) is 7.01. The Hall–Kier alpha value is -1.15. The Bertz CT molecular complexity index is 499. The van der Waals surface area contributed by atoms with Gasteiger partial charge in [0.15, 0.2) is 0 Å². The average Bonchev–Trinajstić information content (AvgIpc) is 2.22. The second-order valence-corrected chi connectivity index (χ2v) is 5.13. The minimum absolute atomic E-state index is 0.0517. The molecule has 1 rings (SSSR count). The van der Waals surface area contributed by atoms with Crippen LogP contribution in [0.1, 0.15) is 11.1 Å². The van der Waals surface area contributed by atoms with Gasteiger partial charge in [-0.15, -0.1) is 0 Å². The number of primary sulfonamides is 1. The van der Waals surface area contributed by atoms with Crippen LogP contribution in [-0.2, 0) is 22.9 Å². The lowest BCUT2D eigenvalue weighted by Gasteiger charge is -2.14. The molecule has 0 radical (unpaired) electrons. The van der Waals surface area contributed by atoms with E-state index in [9.17, 15) is 8.42 Å². The van der Waals surface area contributed by atoms with E-state index in [4.69, 9.17) is 21.1 Å². The van der Waals surface area contributed by atoms with Gasteiger partial charge in [0.25, 0.3) is 0 Å². The number of hydrogen-bond acceptors (Lipinski definition) is 5. The van der Waals surface area contributed by atoms with Crippen LogP contribution in [0.15, 0.2) is 17.0 Å². The molecular weight excluding hydrogens is 244 g/mol. The molecule has 6 nitrogen and oxygen atoms in total. The lowest BCUT2D eigenvalue weighted by atomic mass is 10.0. The van der Waals surface area contributed by atoms with Gasteiger partial charge in [-0.05, 0) is 36.1 Å². The summed E-state index contributed by atoms with van der Waals surface area (Å²) in [5, 5.41) is 23.0. The summed E-state index contributed by atoms with van der Waals surface area (Å²) in [6, 6.07) is 2.75. The van der Waals surface area contributed by atoms with E-state index in [0.717, 1.165) is 0 Å². The van der Waals surface area contributed by atoms with Crippen molar-refractivity contribution in [1.82, 2.24) is 0 Å². The quantitative estimate of drug-likeness (QED) is 0.504. The Labute approximate surface area is 99.9 Å². The van der Waals surface area contributed by atoms with Gasteiger partial charge < -0.3 is 15.9 Å². The third-order valence-electron chi connectivity index (χ3n) is 2.45. The monoisotopic (exact) mass is 260 g/mol. The molecule has 7 heteroatoms. The third kappa shape index (κ3) is 3.16. The molecule has 0 aliphatic heterocycles. The predicted octanol–water partition coefficient (Wildman–Crippen LogP) is -1.01. The highest BCUT2D eigenvalue weighted by Crippen LogP contribution is 2.25. The van der Waals surface area contributed by atoms with Gasteiger partial charge in [0.2, 0.25) is 10.0 Å². The van der Waals surface area contributed by atoms with Crippen LogP contribution in [-0.4, -0.2) is 31.8 Å². The molecule has 0 fully saturated rings. The Balaban J connectivity index is 3.47. The largest absolute Gasteiger partial charge is 0.398 e. The smallest absolute Gasteiger partial charge is 0.238 e. The molecule has 96 valence electrons. The van der Waals surface area contributed by atoms with E-state index in [1.807, 2.05) is 0 Å². The topological polar surface area (TPSA) is 127 Å². The first-order chi connectivity index (χ1) is 7.91. The number of aliphatic hydroxyl groups excluding tert-OH is 2. The van der Waals surface area contributed by atoms with Crippen LogP contribution in [0.4, 0.5) is 5.69 Å². The number of sulfonamides is 1. The van der Waals surface area contributed by atoms with E-state index in [2.05, 4.69) is 0 Å². The Morgan fingerprint density at radius 1 is 1.06 bits per heavy atom. The first-order valence-corrected chi connectivity index (χ1v) is 6.61. The highest BCUT2D eigenvalue weighted by Gasteiger charge is 2.18. The summed E-state index contributed by atoms with van der Waals surface area (Å²) in [6.45, 7) is -0.374. The van der Waals surface area contributed by atoms with Crippen LogP contribution in [0.25, 0.3) is 0 Å². The van der Waals surface area contributed by atoms with Crippen LogP contribution in [0, 0.1) is 0 Å². The number of rotatable bonds is 5. The predicted molar refractivity (Wildman–Crippen MR) is 63.8 cm³/mol. The molecule has 0 aromatic heterocycles. The molecule has 0 aliphatic rings. The van der Waals surface area contributed by atoms with E-state index in [1.165, 1.54) is 12.1 Å². The molecule has 0 amide bonds. The number of nitrogen functional groups attached to an aromatic ring is 1. The van der Waals surface area contributed by atoms with Gasteiger partial charge in [-0.2, -0.15) is 0 Å². The van der Waals surface area contributed by atoms with Crippen LogP contribution in [0.5, 0.6) is 0 Å². The molecule has 0 bridgehead atoms. The maximum Gasteiger partial charge on any atom is 0.238 e. The van der Waals surface area contributed by atoms with Gasteiger partial charge in [0.05, 0.1) is 4.90 Å². The van der Waals surface area contributed by atoms with Crippen molar-refractivity contribution >= 4 is 15.7 Å². The second kappa shape index (κ2) is 5.46. The van der Waals surface area contributed by atoms with Crippen molar-refractivity contribution in [3.05, 3.63) is 23.3 Å². The third-order valence-corrected chi connectivity index (χ3v) is 3.45. The fraction of sp³-hybridized carbons (Fsp3) is 0.400. The summed E-state index contributed by atoms with van der Waals surface area (Å²) < 4.78 is 22.8. The summed E-state index contributed by atoms with van der Waals surface area (Å²) >= 11 is 0. The lowest BCUT2D eigenvalue weighted by Crippen LogP contribution is -2.17. The van der Waals surface area contributed by atoms with E-state index in [-0.39, 0.29) is 31.0 Å². The van der Waals surface area contributed by atoms with E-state index in [1.54, 1.807) is 0 Å². The molecule has 0 heterocycles. The van der Waals surface area contributed by atoms with Gasteiger partial charge in [0, 0.05) is 18.9 Å². The van der Waals surface area contributed by atoms with Crippen molar-refractivity contribution in [3.8, 4) is 0 Å². The van der Waals surface area contributed by atoms with Gasteiger partial charge in [0.1, 0.15) is 0 Å². The molecule has 0 saturated heterocycles. The molecule has 0 atom stereocenters. The highest BCUT2D eigenvalue weighted by molar-refractivity contribution is 7.89. The fourth-order valence-electron chi connectivity index (χ4n) is 1.75. The molecule has 0 saturated carbocycles. The average molecular weight is 260 g/mol. The molecule has 17 heavy (non-hydrogen) atoms. The molecule has 0 unspecified atom stereocenters. The van der Waals surface area contributed by atoms with E-state index >= 15 is 0 Å². The van der Waals surface area contributed by atoms with Crippen LogP contribution >= 0.6 is 0 Å². The first kappa shape index (κ1) is 13.9. The molecule has 1 aromatic carbocycles. The Kier molecular flexibility index (Phi) is 4.47. The maximum absolute atomic E-state index is 11.4. The van der Waals surface area contributed by atoms with E-state index in [0.29, 0.717) is 16.8 Å². The van der Waals surface area contributed by atoms with Crippen molar-refractivity contribution in [1.29, 1.82) is 0 Å². The second-order valence-electron chi connectivity index (χ2n) is 3.60. The van der Waals surface area contributed by atoms with Crippen molar-refractivity contribution < 1.29 is 18.6 Å². The zero-order valence-corrected chi connectivity index (χ0v) is 10.1. The molecular formula is C10H16N2O4S. The number of hydrogen-bond donors (Lipinski definition) is 4. The van der Waals surface area contributed by atoms with Gasteiger partial charge in [-0.3, -0.25) is 0 Å². The Morgan fingerprint density at radius 2 is 1.59 bits per heavy atom. The lowest BCUT2D eigenvalue weighted by molar-refractivity contribution is 0.292. The summed E-state index contributed by atoms with van der Waals surface area (Å²) in [7, 11) is -3.86. The summed E-state index contributed by atoms with van der Waals surface area (Å²) in [5.74, 6) is 0. The van der Waals surface area contributed by atoms with E-state index < -0.39 is 10.0 Å². The van der Waals surface area contributed by atoms with Crippen LogP contribution < -0.4 is 10.9 Å². The van der Waals surface area contributed by atoms with Crippen LogP contribution in [0.3, 0.4) is 0 Å². The van der Waals surface area contributed by atoms with Gasteiger partial charge in [-0.1, -0.05) is 0 Å². The molecule has 1 aromatic rings. The standard InChI is InChI=1S/C10H16N2O4S/c11-9-1-2-10(17(12,15)16)8(4-6-14)7(9)3-5-13/h1-2,13-14H,3-6,11H2,(H2,12,15,16). The highest BCUT2D eigenvalue weighted by atomic mass is 32.2. The van der Waals surface area contributed by atoms with Crippen LogP contribution in [0.2, 0.25) is 0 Å². The normalized spacial score (nSPS) is 11.7. The Morgan fingerprint density at radius 3 is 2.06 bits per heavy atom. The molecule has 0 spiro atoms. The number of aliphatic hydroxyl groups is 2. The van der Waals surface area contributed by atoms with Crippen molar-refractivity contribution in [2.45, 2.75) is 17.7 Å². The minimum atomic E-state index is -3.86. The van der Waals surface area contributed by atoms with Gasteiger partial charge in [-0.25, -0.2) is 13.6 Å². The van der Waals surface area contributed by atoms with Gasteiger partial charge >= 0.3 is 0 Å².